The number of hydrogen-bond donors (Lipinski definition) is 3. The Morgan fingerprint density at radius 3 is 2.46 bits per heavy atom. The van der Waals surface area contributed by atoms with Gasteiger partial charge < -0.3 is 10.1 Å². The Hall–Kier alpha value is -3.79. The van der Waals surface area contributed by atoms with Gasteiger partial charge >= 0.3 is 0 Å². The van der Waals surface area contributed by atoms with Crippen molar-refractivity contribution in [1.82, 2.24) is 5.43 Å². The second-order valence-electron chi connectivity index (χ2n) is 4.98. The lowest BCUT2D eigenvalue weighted by molar-refractivity contribution is -0.384. The normalized spacial score (nSPS) is 9.88. The molecule has 0 aliphatic heterocycles. The zero-order chi connectivity index (χ0) is 19.1. The summed E-state index contributed by atoms with van der Waals surface area (Å²) in [5.74, 6) is 4.14. The van der Waals surface area contributed by atoms with E-state index in [1.165, 1.54) is 42.5 Å². The van der Waals surface area contributed by atoms with Gasteiger partial charge in [0.25, 0.3) is 17.5 Å². The van der Waals surface area contributed by atoms with E-state index in [0.29, 0.717) is 6.29 Å². The molecule has 0 saturated heterocycles. The second-order valence-corrected chi connectivity index (χ2v) is 4.98. The van der Waals surface area contributed by atoms with Crippen LogP contribution in [0.2, 0.25) is 0 Å². The molecule has 0 spiro atoms. The highest BCUT2D eigenvalue weighted by atomic mass is 16.6. The van der Waals surface area contributed by atoms with E-state index in [1.807, 2.05) is 5.43 Å². The molecule has 10 nitrogen and oxygen atoms in total. The number of hydrazine groups is 1. The largest absolute Gasteiger partial charge is 0.484 e. The molecule has 2 amide bonds. The average Bonchev–Trinajstić information content (AvgIpc) is 2.66. The Bertz CT molecular complexity index is 850. The molecule has 4 N–H and O–H groups in total. The third-order valence-electron chi connectivity index (χ3n) is 3.26. The highest BCUT2D eigenvalue weighted by Crippen LogP contribution is 2.18. The Kier molecular flexibility index (Phi) is 5.96. The van der Waals surface area contributed by atoms with Crippen molar-refractivity contribution in [2.24, 2.45) is 5.84 Å². The lowest BCUT2D eigenvalue weighted by Gasteiger charge is -2.10. The first-order chi connectivity index (χ1) is 12.4. The Morgan fingerprint density at radius 1 is 1.19 bits per heavy atom. The number of nitrogen functional groups attached to an aromatic ring is 1. The van der Waals surface area contributed by atoms with Crippen molar-refractivity contribution in [1.29, 1.82) is 0 Å². The van der Waals surface area contributed by atoms with Crippen LogP contribution in [0.1, 0.15) is 20.7 Å². The van der Waals surface area contributed by atoms with E-state index in [4.69, 9.17) is 10.6 Å². The van der Waals surface area contributed by atoms with Crippen LogP contribution in [0.25, 0.3) is 0 Å². The molecule has 0 unspecified atom stereocenters. The molecule has 0 aliphatic carbocycles. The van der Waals surface area contributed by atoms with Crippen molar-refractivity contribution in [3.63, 3.8) is 0 Å². The van der Waals surface area contributed by atoms with E-state index >= 15 is 0 Å². The number of nitrogens with one attached hydrogen (secondary N) is 2. The first-order valence-electron chi connectivity index (χ1n) is 7.22. The number of nitro groups is 1. The number of rotatable bonds is 7. The zero-order valence-corrected chi connectivity index (χ0v) is 13.3. The number of nitro benzene ring substituents is 1. The molecule has 0 aliphatic rings. The molecule has 26 heavy (non-hydrogen) atoms. The summed E-state index contributed by atoms with van der Waals surface area (Å²) in [5, 5.41) is 13.1. The second kappa shape index (κ2) is 8.35. The van der Waals surface area contributed by atoms with Crippen molar-refractivity contribution >= 4 is 29.5 Å². The zero-order valence-electron chi connectivity index (χ0n) is 13.3. The van der Waals surface area contributed by atoms with Gasteiger partial charge in [0.15, 0.2) is 12.9 Å². The summed E-state index contributed by atoms with van der Waals surface area (Å²) in [6, 6.07) is 9.36. The fourth-order valence-electron chi connectivity index (χ4n) is 2.02. The molecule has 0 aromatic heterocycles. The van der Waals surface area contributed by atoms with Crippen LogP contribution in [0.4, 0.5) is 11.4 Å². The molecular weight excluding hydrogens is 344 g/mol. The Morgan fingerprint density at radius 2 is 1.88 bits per heavy atom. The van der Waals surface area contributed by atoms with Crippen molar-refractivity contribution in [2.75, 3.05) is 11.9 Å². The summed E-state index contributed by atoms with van der Waals surface area (Å²) in [5.41, 5.74) is 2.22. The minimum atomic E-state index is -0.676. The maximum atomic E-state index is 11.9. The van der Waals surface area contributed by atoms with E-state index < -0.39 is 16.7 Å². The predicted molar refractivity (Wildman–Crippen MR) is 90.7 cm³/mol. The smallest absolute Gasteiger partial charge is 0.269 e. The summed E-state index contributed by atoms with van der Waals surface area (Å²) < 4.78 is 5.23. The van der Waals surface area contributed by atoms with Gasteiger partial charge in [-0.1, -0.05) is 0 Å². The molecule has 134 valence electrons. The van der Waals surface area contributed by atoms with Crippen LogP contribution in [-0.4, -0.2) is 29.6 Å². The van der Waals surface area contributed by atoms with Crippen LogP contribution in [0, 0.1) is 10.1 Å². The fourth-order valence-corrected chi connectivity index (χ4v) is 2.02. The molecule has 10 heteroatoms. The quantitative estimate of drug-likeness (QED) is 0.219. The van der Waals surface area contributed by atoms with Gasteiger partial charge in [-0.05, 0) is 30.3 Å². The van der Waals surface area contributed by atoms with Gasteiger partial charge in [-0.2, -0.15) is 0 Å². The summed E-state index contributed by atoms with van der Waals surface area (Å²) in [6.07, 6.45) is 0.494. The molecule has 2 rings (SSSR count). The Balaban J connectivity index is 2.00. The van der Waals surface area contributed by atoms with Gasteiger partial charge in [0.1, 0.15) is 5.75 Å². The fraction of sp³-hybridized carbons (Fsp3) is 0.0625. The first kappa shape index (κ1) is 18.5. The lowest BCUT2D eigenvalue weighted by atomic mass is 10.1. The predicted octanol–water partition coefficient (Wildman–Crippen LogP) is 1.03. The van der Waals surface area contributed by atoms with Crippen molar-refractivity contribution in [2.45, 2.75) is 0 Å². The molecule has 0 heterocycles. The van der Waals surface area contributed by atoms with Crippen molar-refractivity contribution in [3.05, 3.63) is 63.7 Å². The standard InChI is InChI=1S/C16H14N4O6/c17-19-16(23)14-7-11(2-1-10(14)8-21)18-15(22)9-26-13-5-3-12(4-6-13)20(24)25/h1-8H,9,17H2,(H,18,22)(H,19,23). The summed E-state index contributed by atoms with van der Waals surface area (Å²) >= 11 is 0. The summed E-state index contributed by atoms with van der Waals surface area (Å²) in [4.78, 5) is 44.5. The maximum absolute atomic E-state index is 11.9. The summed E-state index contributed by atoms with van der Waals surface area (Å²) in [7, 11) is 0. The number of nitrogens with two attached hydrogens (primary N) is 1. The highest BCUT2D eigenvalue weighted by Gasteiger charge is 2.12. The van der Waals surface area contributed by atoms with E-state index in [9.17, 15) is 24.5 Å². The first-order valence-corrected chi connectivity index (χ1v) is 7.22. The van der Waals surface area contributed by atoms with Gasteiger partial charge in [-0.15, -0.1) is 0 Å². The molecular formula is C16H14N4O6. The van der Waals surface area contributed by atoms with Gasteiger partial charge in [0.2, 0.25) is 0 Å². The molecule has 0 saturated carbocycles. The molecule has 0 fully saturated rings. The van der Waals surface area contributed by atoms with E-state index in [1.54, 1.807) is 0 Å². The third-order valence-corrected chi connectivity index (χ3v) is 3.26. The van der Waals surface area contributed by atoms with Gasteiger partial charge in [-0.3, -0.25) is 29.9 Å². The number of anilines is 1. The van der Waals surface area contributed by atoms with Crippen molar-refractivity contribution in [3.8, 4) is 5.75 Å². The van der Waals surface area contributed by atoms with E-state index in [2.05, 4.69) is 5.32 Å². The molecule has 2 aromatic rings. The van der Waals surface area contributed by atoms with Crippen LogP contribution < -0.4 is 21.3 Å². The number of hydrogen-bond acceptors (Lipinski definition) is 7. The number of benzene rings is 2. The van der Waals surface area contributed by atoms with Gasteiger partial charge in [-0.25, -0.2) is 5.84 Å². The number of carbonyl (C=O) groups excluding carboxylic acids is 3. The van der Waals surface area contributed by atoms with Gasteiger partial charge in [0.05, 0.1) is 10.5 Å². The molecule has 0 bridgehead atoms. The number of aldehydes is 1. The number of ether oxygens (including phenoxy) is 1. The van der Waals surface area contributed by atoms with Crippen LogP contribution in [0.5, 0.6) is 5.75 Å². The minimum absolute atomic E-state index is 0.0107. The van der Waals surface area contributed by atoms with Crippen LogP contribution in [0.15, 0.2) is 42.5 Å². The number of nitrogens with zero attached hydrogens (tertiary/aromatic N) is 1. The number of amides is 2. The van der Waals surface area contributed by atoms with E-state index in [-0.39, 0.29) is 34.9 Å². The van der Waals surface area contributed by atoms with Gasteiger partial charge in [0, 0.05) is 23.4 Å². The summed E-state index contributed by atoms with van der Waals surface area (Å²) in [6.45, 7) is -0.355. The van der Waals surface area contributed by atoms with E-state index in [0.717, 1.165) is 0 Å². The molecule has 2 aromatic carbocycles. The average molecular weight is 358 g/mol. The Labute approximate surface area is 147 Å². The van der Waals surface area contributed by atoms with Crippen LogP contribution in [-0.2, 0) is 4.79 Å². The number of non-ortho nitro benzene ring substituents is 1. The minimum Gasteiger partial charge on any atom is -0.484 e. The maximum Gasteiger partial charge on any atom is 0.269 e. The highest BCUT2D eigenvalue weighted by molar-refractivity contribution is 6.03. The number of carbonyl (C=O) groups is 3. The van der Waals surface area contributed by atoms with Crippen LogP contribution in [0.3, 0.4) is 0 Å². The molecule has 0 radical (unpaired) electrons. The molecule has 0 atom stereocenters. The van der Waals surface area contributed by atoms with Crippen molar-refractivity contribution < 1.29 is 24.0 Å². The SMILES string of the molecule is NNC(=O)c1cc(NC(=O)COc2ccc([N+](=O)[O-])cc2)ccc1C=O. The monoisotopic (exact) mass is 358 g/mol. The topological polar surface area (TPSA) is 154 Å². The van der Waals surface area contributed by atoms with Crippen LogP contribution >= 0.6 is 0 Å². The third kappa shape index (κ3) is 4.61. The lowest BCUT2D eigenvalue weighted by Crippen LogP contribution is -2.31.